The van der Waals surface area contributed by atoms with Crippen molar-refractivity contribution in [3.8, 4) is 0 Å². The highest BCUT2D eigenvalue weighted by Gasteiger charge is 2.18. The number of carbonyl (C=O) groups is 2. The van der Waals surface area contributed by atoms with E-state index in [9.17, 15) is 9.59 Å². The number of halogens is 2. The summed E-state index contributed by atoms with van der Waals surface area (Å²) >= 11 is 9.07. The summed E-state index contributed by atoms with van der Waals surface area (Å²) in [5.74, 6) is -1.18. The molecule has 0 heterocycles. The van der Waals surface area contributed by atoms with E-state index in [-0.39, 0.29) is 27.4 Å². The Morgan fingerprint density at radius 2 is 1.86 bits per heavy atom. The van der Waals surface area contributed by atoms with Gasteiger partial charge in [0.15, 0.2) is 0 Å². The number of benzene rings is 2. The zero-order chi connectivity index (χ0) is 16.1. The Kier molecular flexibility index (Phi) is 5.41. The molecule has 0 aliphatic carbocycles. The van der Waals surface area contributed by atoms with Gasteiger partial charge in [0.05, 0.1) is 20.7 Å². The molecule has 7 heteroatoms. The Hall–Kier alpha value is -2.05. The fraction of sp³-hybridized carbons (Fsp3) is 0.0667. The van der Waals surface area contributed by atoms with E-state index in [1.165, 1.54) is 12.1 Å². The van der Waals surface area contributed by atoms with Crippen molar-refractivity contribution in [2.75, 3.05) is 5.32 Å². The molecule has 2 aromatic carbocycles. The number of aromatic carboxylic acids is 1. The summed E-state index contributed by atoms with van der Waals surface area (Å²) in [5.41, 5.74) is 0.785. The van der Waals surface area contributed by atoms with Gasteiger partial charge in [-0.1, -0.05) is 41.9 Å². The lowest BCUT2D eigenvalue weighted by Gasteiger charge is -2.12. The Balaban J connectivity index is 2.11. The van der Waals surface area contributed by atoms with E-state index in [4.69, 9.17) is 21.4 Å². The third-order valence-corrected chi connectivity index (χ3v) is 4.13. The summed E-state index contributed by atoms with van der Waals surface area (Å²) in [6, 6.07) is 11.9. The lowest BCUT2D eigenvalue weighted by atomic mass is 10.2. The zero-order valence-corrected chi connectivity index (χ0v) is 13.5. The second-order valence-corrected chi connectivity index (χ2v) is 5.48. The highest BCUT2D eigenvalue weighted by atomic mass is 79.9. The maximum absolute atomic E-state index is 11.8. The Bertz CT molecular complexity index is 706. The lowest BCUT2D eigenvalue weighted by Crippen LogP contribution is -2.16. The van der Waals surface area contributed by atoms with Crippen molar-refractivity contribution in [2.45, 2.75) is 6.61 Å². The van der Waals surface area contributed by atoms with Crippen LogP contribution in [0.15, 0.2) is 46.9 Å². The van der Waals surface area contributed by atoms with Crippen molar-refractivity contribution in [1.29, 1.82) is 0 Å². The zero-order valence-electron chi connectivity index (χ0n) is 11.2. The highest BCUT2D eigenvalue weighted by molar-refractivity contribution is 9.10. The van der Waals surface area contributed by atoms with Crippen molar-refractivity contribution in [2.24, 2.45) is 0 Å². The molecule has 0 bridgehead atoms. The smallest absolute Gasteiger partial charge is 0.412 e. The number of carbonyl (C=O) groups excluding carboxylic acids is 1. The van der Waals surface area contributed by atoms with Crippen molar-refractivity contribution in [3.63, 3.8) is 0 Å². The molecule has 0 aromatic heterocycles. The van der Waals surface area contributed by atoms with Crippen LogP contribution in [0.5, 0.6) is 0 Å². The monoisotopic (exact) mass is 383 g/mol. The third kappa shape index (κ3) is 3.99. The van der Waals surface area contributed by atoms with Crippen molar-refractivity contribution in [3.05, 3.63) is 63.1 Å². The lowest BCUT2D eigenvalue weighted by molar-refractivity contribution is 0.0698. The van der Waals surface area contributed by atoms with E-state index in [0.717, 1.165) is 5.56 Å². The Labute approximate surface area is 140 Å². The number of ether oxygens (including phenoxy) is 1. The summed E-state index contributed by atoms with van der Waals surface area (Å²) in [6.45, 7) is 0.0766. The van der Waals surface area contributed by atoms with Crippen LogP contribution in [0.25, 0.3) is 0 Å². The molecule has 22 heavy (non-hydrogen) atoms. The highest BCUT2D eigenvalue weighted by Crippen LogP contribution is 2.33. The SMILES string of the molecule is O=C(Nc1c(C(=O)O)ccc(Cl)c1Br)OCc1ccccc1. The number of amides is 1. The minimum atomic E-state index is -1.18. The molecular formula is C15H11BrClNO4. The third-order valence-electron chi connectivity index (χ3n) is 2.77. The van der Waals surface area contributed by atoms with Gasteiger partial charge in [-0.25, -0.2) is 9.59 Å². The number of hydrogen-bond donors (Lipinski definition) is 2. The average molecular weight is 385 g/mol. The summed E-state index contributed by atoms with van der Waals surface area (Å²) in [6.07, 6.45) is -0.769. The summed E-state index contributed by atoms with van der Waals surface area (Å²) < 4.78 is 5.34. The van der Waals surface area contributed by atoms with Gasteiger partial charge in [-0.15, -0.1) is 0 Å². The minimum Gasteiger partial charge on any atom is -0.478 e. The molecule has 0 atom stereocenters. The van der Waals surface area contributed by atoms with E-state index in [1.807, 2.05) is 30.3 Å². The summed E-state index contributed by atoms with van der Waals surface area (Å²) in [7, 11) is 0. The van der Waals surface area contributed by atoms with E-state index < -0.39 is 12.1 Å². The van der Waals surface area contributed by atoms with Crippen LogP contribution in [0.2, 0.25) is 5.02 Å². The van der Waals surface area contributed by atoms with Gasteiger partial charge in [0.2, 0.25) is 0 Å². The molecule has 0 radical (unpaired) electrons. The standard InChI is InChI=1S/C15H11BrClNO4/c16-12-11(17)7-6-10(14(19)20)13(12)18-15(21)22-8-9-4-2-1-3-5-9/h1-7H,8H2,(H,18,21)(H,19,20). The van der Waals surface area contributed by atoms with Crippen molar-refractivity contribution < 1.29 is 19.4 Å². The van der Waals surface area contributed by atoms with E-state index in [1.54, 1.807) is 0 Å². The summed E-state index contributed by atoms with van der Waals surface area (Å²) in [5, 5.41) is 11.8. The van der Waals surface area contributed by atoms with E-state index in [2.05, 4.69) is 21.2 Å². The molecule has 0 saturated carbocycles. The fourth-order valence-corrected chi connectivity index (χ4v) is 2.31. The molecule has 2 aromatic rings. The molecule has 0 unspecified atom stereocenters. The first-order valence-electron chi connectivity index (χ1n) is 6.18. The van der Waals surface area contributed by atoms with E-state index >= 15 is 0 Å². The molecule has 114 valence electrons. The van der Waals surface area contributed by atoms with Crippen LogP contribution >= 0.6 is 27.5 Å². The number of anilines is 1. The predicted molar refractivity (Wildman–Crippen MR) is 86.4 cm³/mol. The molecular weight excluding hydrogens is 374 g/mol. The van der Waals surface area contributed by atoms with Gasteiger partial charge in [0.25, 0.3) is 0 Å². The van der Waals surface area contributed by atoms with Crippen LogP contribution in [0.1, 0.15) is 15.9 Å². The van der Waals surface area contributed by atoms with Crippen LogP contribution < -0.4 is 5.32 Å². The fourth-order valence-electron chi connectivity index (χ4n) is 1.71. The second-order valence-electron chi connectivity index (χ2n) is 4.28. The molecule has 0 aliphatic rings. The normalized spacial score (nSPS) is 10.1. The van der Waals surface area contributed by atoms with Crippen LogP contribution in [0, 0.1) is 0 Å². The maximum Gasteiger partial charge on any atom is 0.412 e. The molecule has 2 rings (SSSR count). The first-order valence-corrected chi connectivity index (χ1v) is 7.35. The van der Waals surface area contributed by atoms with Gasteiger partial charge >= 0.3 is 12.1 Å². The van der Waals surface area contributed by atoms with Gasteiger partial charge in [-0.05, 0) is 33.6 Å². The van der Waals surface area contributed by atoms with E-state index in [0.29, 0.717) is 0 Å². The molecule has 5 nitrogen and oxygen atoms in total. The number of carboxylic acid groups (broad SMARTS) is 1. The van der Waals surface area contributed by atoms with Crippen LogP contribution in [-0.2, 0) is 11.3 Å². The first-order chi connectivity index (χ1) is 10.5. The molecule has 0 saturated heterocycles. The topological polar surface area (TPSA) is 75.6 Å². The number of carboxylic acids is 1. The van der Waals surface area contributed by atoms with Gasteiger partial charge in [-0.3, -0.25) is 5.32 Å². The maximum atomic E-state index is 11.8. The van der Waals surface area contributed by atoms with Crippen LogP contribution in [0.3, 0.4) is 0 Å². The van der Waals surface area contributed by atoms with Gasteiger partial charge in [0.1, 0.15) is 6.61 Å². The quantitative estimate of drug-likeness (QED) is 0.811. The predicted octanol–water partition coefficient (Wildman–Crippen LogP) is 4.55. The Morgan fingerprint density at radius 1 is 1.18 bits per heavy atom. The van der Waals surface area contributed by atoms with Gasteiger partial charge < -0.3 is 9.84 Å². The van der Waals surface area contributed by atoms with Gasteiger partial charge in [-0.2, -0.15) is 0 Å². The number of hydrogen-bond acceptors (Lipinski definition) is 3. The molecule has 1 amide bonds. The molecule has 0 aliphatic heterocycles. The molecule has 0 fully saturated rings. The average Bonchev–Trinajstić information content (AvgIpc) is 2.50. The van der Waals surface area contributed by atoms with Crippen LogP contribution in [0.4, 0.5) is 10.5 Å². The largest absolute Gasteiger partial charge is 0.478 e. The first kappa shape index (κ1) is 16.3. The second kappa shape index (κ2) is 7.29. The van der Waals surface area contributed by atoms with Crippen molar-refractivity contribution >= 4 is 45.3 Å². The summed E-state index contributed by atoms with van der Waals surface area (Å²) in [4.78, 5) is 23.0. The molecule has 2 N–H and O–H groups in total. The van der Waals surface area contributed by atoms with Crippen molar-refractivity contribution in [1.82, 2.24) is 0 Å². The van der Waals surface area contributed by atoms with Gasteiger partial charge in [0, 0.05) is 0 Å². The number of rotatable bonds is 4. The number of nitrogens with one attached hydrogen (secondary N) is 1. The minimum absolute atomic E-state index is 0.0538. The van der Waals surface area contributed by atoms with Crippen LogP contribution in [-0.4, -0.2) is 17.2 Å². The molecule has 0 spiro atoms. The Morgan fingerprint density at radius 3 is 2.50 bits per heavy atom.